The van der Waals surface area contributed by atoms with Crippen molar-refractivity contribution in [3.05, 3.63) is 29.6 Å². The minimum absolute atomic E-state index is 0.373. The van der Waals surface area contributed by atoms with Crippen LogP contribution in [0.15, 0.2) is 18.3 Å². The van der Waals surface area contributed by atoms with Crippen LogP contribution in [0, 0.1) is 0 Å². The van der Waals surface area contributed by atoms with Crippen molar-refractivity contribution in [3.63, 3.8) is 0 Å². The molecule has 0 aromatic carbocycles. The largest absolute Gasteiger partial charge is 0.433 e. The van der Waals surface area contributed by atoms with Gasteiger partial charge in [-0.15, -0.1) is 0 Å². The molecule has 1 aromatic heterocycles. The Kier molecular flexibility index (Phi) is 3.31. The molecule has 84 valence electrons. The molecule has 1 aromatic rings. The zero-order valence-electron chi connectivity index (χ0n) is 7.99. The number of aliphatic hydroxyl groups is 1. The van der Waals surface area contributed by atoms with Crippen LogP contribution in [0.3, 0.4) is 0 Å². The number of rotatable bonds is 2. The maximum Gasteiger partial charge on any atom is 0.433 e. The molecule has 15 heavy (non-hydrogen) atoms. The average molecular weight is 220 g/mol. The van der Waals surface area contributed by atoms with E-state index in [2.05, 4.69) is 4.98 Å². The Balaban J connectivity index is 2.91. The molecule has 0 saturated heterocycles. The average Bonchev–Trinajstić information content (AvgIpc) is 2.15. The lowest BCUT2D eigenvalue weighted by Gasteiger charge is -2.15. The van der Waals surface area contributed by atoms with Gasteiger partial charge >= 0.3 is 6.18 Å². The Bertz CT molecular complexity index is 321. The normalized spacial score (nSPS) is 16.1. The second-order valence-electron chi connectivity index (χ2n) is 3.24. The number of aliphatic hydroxyl groups excluding tert-OH is 1. The van der Waals surface area contributed by atoms with Crippen LogP contribution in [-0.4, -0.2) is 16.2 Å². The monoisotopic (exact) mass is 220 g/mol. The van der Waals surface area contributed by atoms with Crippen molar-refractivity contribution in [3.8, 4) is 0 Å². The lowest BCUT2D eigenvalue weighted by Crippen LogP contribution is -2.23. The molecular formula is C9H11F3N2O. The van der Waals surface area contributed by atoms with Gasteiger partial charge in [0.2, 0.25) is 0 Å². The number of hydrogen-bond acceptors (Lipinski definition) is 3. The Labute approximate surface area is 84.7 Å². The molecular weight excluding hydrogens is 209 g/mol. The van der Waals surface area contributed by atoms with Crippen molar-refractivity contribution in [2.24, 2.45) is 5.73 Å². The molecule has 0 saturated carbocycles. The summed E-state index contributed by atoms with van der Waals surface area (Å²) in [4.78, 5) is 3.24. The van der Waals surface area contributed by atoms with Crippen LogP contribution in [0.1, 0.15) is 24.2 Å². The maximum absolute atomic E-state index is 12.1. The van der Waals surface area contributed by atoms with E-state index < -0.39 is 24.0 Å². The third-order valence-corrected chi connectivity index (χ3v) is 1.98. The molecule has 0 aliphatic carbocycles. The number of aromatic nitrogens is 1. The highest BCUT2D eigenvalue weighted by Crippen LogP contribution is 2.27. The van der Waals surface area contributed by atoms with Crippen molar-refractivity contribution in [1.29, 1.82) is 0 Å². The molecule has 0 radical (unpaired) electrons. The van der Waals surface area contributed by atoms with Crippen LogP contribution >= 0.6 is 0 Å². The van der Waals surface area contributed by atoms with Crippen molar-refractivity contribution < 1.29 is 18.3 Å². The van der Waals surface area contributed by atoms with Crippen LogP contribution in [0.5, 0.6) is 0 Å². The number of nitrogens with two attached hydrogens (primary N) is 1. The molecule has 1 unspecified atom stereocenters. The van der Waals surface area contributed by atoms with E-state index in [1.807, 2.05) is 0 Å². The van der Waals surface area contributed by atoms with Gasteiger partial charge in [0.15, 0.2) is 0 Å². The first-order chi connectivity index (χ1) is 6.82. The predicted molar refractivity (Wildman–Crippen MR) is 47.8 cm³/mol. The van der Waals surface area contributed by atoms with Crippen LogP contribution in [-0.2, 0) is 6.18 Å². The fourth-order valence-corrected chi connectivity index (χ4v) is 1.05. The van der Waals surface area contributed by atoms with Gasteiger partial charge in [0, 0.05) is 6.20 Å². The smallest absolute Gasteiger partial charge is 0.391 e. The second kappa shape index (κ2) is 4.16. The van der Waals surface area contributed by atoms with Crippen molar-refractivity contribution >= 4 is 0 Å². The van der Waals surface area contributed by atoms with Gasteiger partial charge in [-0.2, -0.15) is 13.2 Å². The molecule has 0 amide bonds. The van der Waals surface area contributed by atoms with E-state index in [9.17, 15) is 13.2 Å². The third-order valence-electron chi connectivity index (χ3n) is 1.98. The first-order valence-corrected chi connectivity index (χ1v) is 4.29. The number of pyridine rings is 1. The van der Waals surface area contributed by atoms with Gasteiger partial charge in [-0.25, -0.2) is 0 Å². The minimum atomic E-state index is -4.45. The van der Waals surface area contributed by atoms with Gasteiger partial charge in [-0.3, -0.25) is 4.98 Å². The number of nitrogens with zero attached hydrogens (tertiary/aromatic N) is 1. The zero-order valence-corrected chi connectivity index (χ0v) is 7.99. The SMILES string of the molecule is CC(O)[C@@H](N)c1ccc(C(F)(F)F)nc1. The quantitative estimate of drug-likeness (QED) is 0.793. The van der Waals surface area contributed by atoms with E-state index >= 15 is 0 Å². The van der Waals surface area contributed by atoms with Crippen molar-refractivity contribution in [2.45, 2.75) is 25.2 Å². The van der Waals surface area contributed by atoms with Gasteiger partial charge < -0.3 is 10.8 Å². The Morgan fingerprint density at radius 1 is 1.40 bits per heavy atom. The molecule has 3 N–H and O–H groups in total. The summed E-state index contributed by atoms with van der Waals surface area (Å²) in [5.41, 5.74) is 4.93. The summed E-state index contributed by atoms with van der Waals surface area (Å²) in [5, 5.41) is 9.13. The molecule has 1 heterocycles. The summed E-state index contributed by atoms with van der Waals surface area (Å²) in [6.07, 6.45) is -4.25. The minimum Gasteiger partial charge on any atom is -0.391 e. The lowest BCUT2D eigenvalue weighted by atomic mass is 10.1. The molecule has 6 heteroatoms. The molecule has 3 nitrogen and oxygen atoms in total. The first-order valence-electron chi connectivity index (χ1n) is 4.29. The van der Waals surface area contributed by atoms with Crippen LogP contribution in [0.4, 0.5) is 13.2 Å². The molecule has 0 bridgehead atoms. The van der Waals surface area contributed by atoms with Gasteiger partial charge in [0.05, 0.1) is 12.1 Å². The van der Waals surface area contributed by atoms with Crippen LogP contribution < -0.4 is 5.73 Å². The van der Waals surface area contributed by atoms with Gasteiger partial charge in [-0.05, 0) is 18.6 Å². The summed E-state index contributed by atoms with van der Waals surface area (Å²) >= 11 is 0. The van der Waals surface area contributed by atoms with Gasteiger partial charge in [0.25, 0.3) is 0 Å². The van der Waals surface area contributed by atoms with Crippen molar-refractivity contribution in [1.82, 2.24) is 4.98 Å². The Hall–Kier alpha value is -1.14. The third kappa shape index (κ3) is 2.90. The summed E-state index contributed by atoms with van der Waals surface area (Å²) in [6.45, 7) is 1.46. The van der Waals surface area contributed by atoms with E-state index in [1.165, 1.54) is 13.0 Å². The summed E-state index contributed by atoms with van der Waals surface area (Å²) in [7, 11) is 0. The Morgan fingerprint density at radius 2 is 2.00 bits per heavy atom. The van der Waals surface area contributed by atoms with E-state index in [-0.39, 0.29) is 0 Å². The predicted octanol–water partition coefficient (Wildman–Crippen LogP) is 1.48. The summed E-state index contributed by atoms with van der Waals surface area (Å²) in [6, 6.07) is 1.34. The highest BCUT2D eigenvalue weighted by Gasteiger charge is 2.32. The van der Waals surface area contributed by atoms with E-state index in [0.29, 0.717) is 5.56 Å². The number of alkyl halides is 3. The molecule has 0 aliphatic rings. The maximum atomic E-state index is 12.1. The summed E-state index contributed by atoms with van der Waals surface area (Å²) < 4.78 is 36.4. The van der Waals surface area contributed by atoms with Crippen molar-refractivity contribution in [2.75, 3.05) is 0 Å². The summed E-state index contributed by atoms with van der Waals surface area (Å²) in [5.74, 6) is 0. The van der Waals surface area contributed by atoms with E-state index in [4.69, 9.17) is 10.8 Å². The molecule has 0 aliphatic heterocycles. The molecule has 1 rings (SSSR count). The highest BCUT2D eigenvalue weighted by atomic mass is 19.4. The van der Waals surface area contributed by atoms with Crippen LogP contribution in [0.25, 0.3) is 0 Å². The fraction of sp³-hybridized carbons (Fsp3) is 0.444. The highest BCUT2D eigenvalue weighted by molar-refractivity contribution is 5.19. The first kappa shape index (κ1) is 11.9. The van der Waals surface area contributed by atoms with E-state index in [1.54, 1.807) is 0 Å². The van der Waals surface area contributed by atoms with Gasteiger partial charge in [0.1, 0.15) is 5.69 Å². The zero-order chi connectivity index (χ0) is 11.6. The molecule has 0 fully saturated rings. The Morgan fingerprint density at radius 3 is 2.33 bits per heavy atom. The topological polar surface area (TPSA) is 59.1 Å². The number of halogens is 3. The fourth-order valence-electron chi connectivity index (χ4n) is 1.05. The second-order valence-corrected chi connectivity index (χ2v) is 3.24. The van der Waals surface area contributed by atoms with E-state index in [0.717, 1.165) is 12.3 Å². The lowest BCUT2D eigenvalue weighted by molar-refractivity contribution is -0.141. The van der Waals surface area contributed by atoms with Crippen LogP contribution in [0.2, 0.25) is 0 Å². The standard InChI is InChI=1S/C9H11F3N2O/c1-5(15)8(13)6-2-3-7(14-4-6)9(10,11)12/h2-5,8,15H,13H2,1H3/t5?,8-/m1/s1. The molecule has 0 spiro atoms. The molecule has 2 atom stereocenters. The van der Waals surface area contributed by atoms with Gasteiger partial charge in [-0.1, -0.05) is 6.07 Å². The number of hydrogen-bond donors (Lipinski definition) is 2.